The Morgan fingerprint density at radius 2 is 2.33 bits per heavy atom. The molecule has 2 N–H and O–H groups in total. The van der Waals surface area contributed by atoms with E-state index in [2.05, 4.69) is 16.6 Å². The minimum atomic E-state index is -3.44. The molecule has 1 heterocycles. The summed E-state index contributed by atoms with van der Waals surface area (Å²) in [6, 6.07) is 5.09. The predicted molar refractivity (Wildman–Crippen MR) is 73.2 cm³/mol. The third kappa shape index (κ3) is 2.73. The van der Waals surface area contributed by atoms with E-state index in [1.54, 1.807) is 18.2 Å². The topological polar surface area (TPSA) is 58.2 Å². The van der Waals surface area contributed by atoms with Gasteiger partial charge in [-0.3, -0.25) is 0 Å². The maximum Gasteiger partial charge on any atom is 0.240 e. The van der Waals surface area contributed by atoms with E-state index in [0.717, 1.165) is 18.7 Å². The van der Waals surface area contributed by atoms with Gasteiger partial charge in [0.05, 0.1) is 4.90 Å². The molecule has 0 fully saturated rings. The molecule has 1 aliphatic heterocycles. The summed E-state index contributed by atoms with van der Waals surface area (Å²) >= 11 is 0. The largest absolute Gasteiger partial charge is 0.384 e. The summed E-state index contributed by atoms with van der Waals surface area (Å²) in [7, 11) is -3.44. The van der Waals surface area contributed by atoms with E-state index in [4.69, 9.17) is 0 Å². The highest BCUT2D eigenvalue weighted by molar-refractivity contribution is 7.89. The first-order chi connectivity index (χ1) is 8.53. The quantitative estimate of drug-likeness (QED) is 0.800. The van der Waals surface area contributed by atoms with E-state index in [0.29, 0.717) is 11.3 Å². The normalized spacial score (nSPS) is 15.8. The van der Waals surface area contributed by atoms with Gasteiger partial charge in [0, 0.05) is 18.3 Å². The van der Waals surface area contributed by atoms with Crippen molar-refractivity contribution in [2.75, 3.05) is 11.9 Å². The van der Waals surface area contributed by atoms with Crippen molar-refractivity contribution in [1.82, 2.24) is 4.72 Å². The SMILES string of the molecule is C=CCC(C)NS(=O)(=O)c1ccc2c(c1)NCC2. The Bertz CT molecular complexity index is 552. The molecular formula is C13H18N2O2S. The third-order valence-electron chi connectivity index (χ3n) is 2.98. The molecule has 1 aromatic carbocycles. The van der Waals surface area contributed by atoms with Gasteiger partial charge in [-0.25, -0.2) is 13.1 Å². The molecule has 1 atom stereocenters. The van der Waals surface area contributed by atoms with Crippen LogP contribution in [0.3, 0.4) is 0 Å². The van der Waals surface area contributed by atoms with Gasteiger partial charge in [-0.05, 0) is 37.5 Å². The number of hydrogen-bond acceptors (Lipinski definition) is 3. The van der Waals surface area contributed by atoms with Crippen molar-refractivity contribution < 1.29 is 8.42 Å². The van der Waals surface area contributed by atoms with Crippen molar-refractivity contribution in [1.29, 1.82) is 0 Å². The van der Waals surface area contributed by atoms with Crippen LogP contribution in [0, 0.1) is 0 Å². The van der Waals surface area contributed by atoms with E-state index in [1.807, 2.05) is 13.0 Å². The smallest absolute Gasteiger partial charge is 0.240 e. The fourth-order valence-corrected chi connectivity index (χ4v) is 3.35. The number of fused-ring (bicyclic) bond motifs is 1. The molecular weight excluding hydrogens is 248 g/mol. The molecule has 0 saturated carbocycles. The lowest BCUT2D eigenvalue weighted by atomic mass is 10.2. The molecule has 1 aromatic rings. The zero-order valence-electron chi connectivity index (χ0n) is 10.4. The Balaban J connectivity index is 2.22. The zero-order valence-corrected chi connectivity index (χ0v) is 11.3. The minimum Gasteiger partial charge on any atom is -0.384 e. The highest BCUT2D eigenvalue weighted by Gasteiger charge is 2.19. The number of nitrogens with one attached hydrogen (secondary N) is 2. The molecule has 98 valence electrons. The maximum atomic E-state index is 12.1. The predicted octanol–water partition coefficient (Wildman–Crippen LogP) is 1.90. The van der Waals surface area contributed by atoms with E-state index < -0.39 is 10.0 Å². The van der Waals surface area contributed by atoms with Crippen molar-refractivity contribution >= 4 is 15.7 Å². The third-order valence-corrected chi connectivity index (χ3v) is 4.57. The second kappa shape index (κ2) is 5.12. The Morgan fingerprint density at radius 3 is 3.06 bits per heavy atom. The molecule has 4 nitrogen and oxygen atoms in total. The fourth-order valence-electron chi connectivity index (χ4n) is 2.07. The van der Waals surface area contributed by atoms with Crippen LogP contribution in [0.4, 0.5) is 5.69 Å². The molecule has 1 unspecified atom stereocenters. The number of sulfonamides is 1. The first kappa shape index (κ1) is 13.1. The van der Waals surface area contributed by atoms with E-state index in [9.17, 15) is 8.42 Å². The maximum absolute atomic E-state index is 12.1. The van der Waals surface area contributed by atoms with Crippen LogP contribution in [-0.4, -0.2) is 21.0 Å². The molecule has 0 amide bonds. The molecule has 0 bridgehead atoms. The lowest BCUT2D eigenvalue weighted by Crippen LogP contribution is -2.32. The number of anilines is 1. The zero-order chi connectivity index (χ0) is 13.2. The summed E-state index contributed by atoms with van der Waals surface area (Å²) in [5.41, 5.74) is 2.10. The molecule has 0 radical (unpaired) electrons. The van der Waals surface area contributed by atoms with Crippen molar-refractivity contribution in [3.05, 3.63) is 36.4 Å². The van der Waals surface area contributed by atoms with Crippen LogP contribution >= 0.6 is 0 Å². The van der Waals surface area contributed by atoms with E-state index in [-0.39, 0.29) is 6.04 Å². The van der Waals surface area contributed by atoms with Crippen LogP contribution in [0.2, 0.25) is 0 Å². The van der Waals surface area contributed by atoms with Gasteiger partial charge in [0.1, 0.15) is 0 Å². The van der Waals surface area contributed by atoms with Crippen LogP contribution in [-0.2, 0) is 16.4 Å². The van der Waals surface area contributed by atoms with Gasteiger partial charge in [-0.15, -0.1) is 6.58 Å². The summed E-state index contributed by atoms with van der Waals surface area (Å²) in [6.45, 7) is 6.30. The Kier molecular flexibility index (Phi) is 3.73. The lowest BCUT2D eigenvalue weighted by Gasteiger charge is -2.13. The van der Waals surface area contributed by atoms with E-state index in [1.165, 1.54) is 5.56 Å². The average molecular weight is 266 g/mol. The van der Waals surface area contributed by atoms with Gasteiger partial charge in [0.25, 0.3) is 0 Å². The second-order valence-corrected chi connectivity index (χ2v) is 6.26. The van der Waals surface area contributed by atoms with Crippen LogP contribution in [0.25, 0.3) is 0 Å². The number of hydrogen-bond donors (Lipinski definition) is 2. The van der Waals surface area contributed by atoms with Crippen molar-refractivity contribution in [2.24, 2.45) is 0 Å². The molecule has 1 aliphatic rings. The molecule has 0 saturated heterocycles. The summed E-state index contributed by atoms with van der Waals surface area (Å²) in [5.74, 6) is 0. The van der Waals surface area contributed by atoms with Crippen molar-refractivity contribution in [3.63, 3.8) is 0 Å². The Labute approximate surface area is 108 Å². The first-order valence-electron chi connectivity index (χ1n) is 6.03. The van der Waals surface area contributed by atoms with Crippen LogP contribution in [0.5, 0.6) is 0 Å². The van der Waals surface area contributed by atoms with Crippen LogP contribution < -0.4 is 10.0 Å². The molecule has 0 spiro atoms. The summed E-state index contributed by atoms with van der Waals surface area (Å²) in [5, 5.41) is 3.18. The van der Waals surface area contributed by atoms with Gasteiger partial charge in [0.15, 0.2) is 0 Å². The molecule has 2 rings (SSSR count). The number of benzene rings is 1. The van der Waals surface area contributed by atoms with Crippen LogP contribution in [0.15, 0.2) is 35.7 Å². The highest BCUT2D eigenvalue weighted by Crippen LogP contribution is 2.25. The summed E-state index contributed by atoms with van der Waals surface area (Å²) in [4.78, 5) is 0.312. The Hall–Kier alpha value is -1.33. The molecule has 0 aromatic heterocycles. The summed E-state index contributed by atoms with van der Waals surface area (Å²) < 4.78 is 26.9. The second-order valence-electron chi connectivity index (χ2n) is 4.54. The van der Waals surface area contributed by atoms with Gasteiger partial charge in [0.2, 0.25) is 10.0 Å². The first-order valence-corrected chi connectivity index (χ1v) is 7.51. The van der Waals surface area contributed by atoms with Gasteiger partial charge >= 0.3 is 0 Å². The average Bonchev–Trinajstić information content (AvgIpc) is 2.75. The number of rotatable bonds is 5. The fraction of sp³-hybridized carbons (Fsp3) is 0.385. The Morgan fingerprint density at radius 1 is 1.56 bits per heavy atom. The molecule has 18 heavy (non-hydrogen) atoms. The molecule has 5 heteroatoms. The van der Waals surface area contributed by atoms with E-state index >= 15 is 0 Å². The van der Waals surface area contributed by atoms with Crippen LogP contribution in [0.1, 0.15) is 18.9 Å². The lowest BCUT2D eigenvalue weighted by molar-refractivity contribution is 0.562. The van der Waals surface area contributed by atoms with Crippen molar-refractivity contribution in [2.45, 2.75) is 30.7 Å². The summed E-state index contributed by atoms with van der Waals surface area (Å²) in [6.07, 6.45) is 3.27. The van der Waals surface area contributed by atoms with Gasteiger partial charge in [-0.1, -0.05) is 12.1 Å². The molecule has 0 aliphatic carbocycles. The van der Waals surface area contributed by atoms with Gasteiger partial charge < -0.3 is 5.32 Å². The monoisotopic (exact) mass is 266 g/mol. The standard InChI is InChI=1S/C13H18N2O2S/c1-3-4-10(2)15-18(16,17)12-6-5-11-7-8-14-13(11)9-12/h3,5-6,9-10,14-15H,1,4,7-8H2,2H3. The minimum absolute atomic E-state index is 0.145. The highest BCUT2D eigenvalue weighted by atomic mass is 32.2. The van der Waals surface area contributed by atoms with Gasteiger partial charge in [-0.2, -0.15) is 0 Å². The van der Waals surface area contributed by atoms with Crippen molar-refractivity contribution in [3.8, 4) is 0 Å².